The van der Waals surface area contributed by atoms with Gasteiger partial charge in [0.2, 0.25) is 11.8 Å². The lowest BCUT2D eigenvalue weighted by Gasteiger charge is -2.17. The fourth-order valence-corrected chi connectivity index (χ4v) is 2.56. The zero-order valence-corrected chi connectivity index (χ0v) is 14.6. The van der Waals surface area contributed by atoms with Crippen LogP contribution in [0.15, 0.2) is 18.2 Å². The van der Waals surface area contributed by atoms with Crippen LogP contribution in [0, 0.1) is 11.6 Å². The summed E-state index contributed by atoms with van der Waals surface area (Å²) in [6.07, 6.45) is -1.93. The number of halogens is 4. The van der Waals surface area contributed by atoms with Crippen molar-refractivity contribution in [2.45, 2.75) is 11.9 Å². The maximum absolute atomic E-state index is 14.1. The van der Waals surface area contributed by atoms with E-state index in [1.165, 1.54) is 25.0 Å². The quantitative estimate of drug-likeness (QED) is 0.669. The van der Waals surface area contributed by atoms with Crippen LogP contribution in [0.4, 0.5) is 23.2 Å². The molecular formula is C14H13F4N3O5S. The molecule has 1 aromatic heterocycles. The number of aliphatic hydroxyl groups excluding tert-OH is 1. The van der Waals surface area contributed by atoms with Crippen molar-refractivity contribution < 1.29 is 40.6 Å². The van der Waals surface area contributed by atoms with E-state index in [0.29, 0.717) is 6.07 Å². The van der Waals surface area contributed by atoms with E-state index in [2.05, 4.69) is 9.97 Å². The second-order valence-corrected chi connectivity index (χ2v) is 6.60. The number of aliphatic hydroxyl groups is 1. The van der Waals surface area contributed by atoms with Gasteiger partial charge in [-0.3, -0.25) is 4.72 Å². The molecule has 8 nitrogen and oxygen atoms in total. The Kier molecular flexibility index (Phi) is 6.05. The highest BCUT2D eigenvalue weighted by molar-refractivity contribution is 7.93. The maximum Gasteiger partial charge on any atom is 0.355 e. The van der Waals surface area contributed by atoms with Crippen molar-refractivity contribution in [3.63, 3.8) is 0 Å². The molecule has 148 valence electrons. The monoisotopic (exact) mass is 411 g/mol. The van der Waals surface area contributed by atoms with E-state index in [-0.39, 0.29) is 11.8 Å². The summed E-state index contributed by atoms with van der Waals surface area (Å²) < 4.78 is 86.5. The fraction of sp³-hybridized carbons (Fsp3) is 0.286. The Labute approximate surface area is 150 Å². The van der Waals surface area contributed by atoms with Crippen LogP contribution in [-0.2, 0) is 10.0 Å². The topological polar surface area (TPSA) is 111 Å². The van der Waals surface area contributed by atoms with E-state index in [1.807, 2.05) is 0 Å². The number of aromatic nitrogens is 2. The molecule has 0 aliphatic heterocycles. The Morgan fingerprint density at radius 3 is 2.15 bits per heavy atom. The summed E-state index contributed by atoms with van der Waals surface area (Å²) in [5, 5.41) is 10.4. The van der Waals surface area contributed by atoms with Crippen LogP contribution in [0.3, 0.4) is 0 Å². The van der Waals surface area contributed by atoms with Crippen LogP contribution in [0.2, 0.25) is 0 Å². The number of anilines is 1. The fourth-order valence-electron chi connectivity index (χ4n) is 1.98. The SMILES string of the molecule is COc1cc(OC)nc(C(O)c2ccc(F)c(F)c2NS(=O)(=O)C(F)F)n1. The summed E-state index contributed by atoms with van der Waals surface area (Å²) in [7, 11) is -2.85. The van der Waals surface area contributed by atoms with Crippen LogP contribution < -0.4 is 14.2 Å². The van der Waals surface area contributed by atoms with E-state index >= 15 is 0 Å². The third kappa shape index (κ3) is 4.36. The lowest BCUT2D eigenvalue weighted by molar-refractivity contribution is 0.206. The first-order chi connectivity index (χ1) is 12.6. The molecule has 1 unspecified atom stereocenters. The number of benzene rings is 1. The normalized spacial score (nSPS) is 12.7. The molecule has 2 N–H and O–H groups in total. The summed E-state index contributed by atoms with van der Waals surface area (Å²) in [4.78, 5) is 7.59. The lowest BCUT2D eigenvalue weighted by Crippen LogP contribution is -2.23. The van der Waals surface area contributed by atoms with Gasteiger partial charge >= 0.3 is 5.76 Å². The van der Waals surface area contributed by atoms with Gasteiger partial charge in [0.15, 0.2) is 17.5 Å². The minimum atomic E-state index is -5.35. The molecule has 0 aliphatic carbocycles. The molecule has 0 radical (unpaired) electrons. The summed E-state index contributed by atoms with van der Waals surface area (Å²) in [5.41, 5.74) is -1.80. The van der Waals surface area contributed by atoms with Crippen LogP contribution in [0.5, 0.6) is 11.8 Å². The number of nitrogens with one attached hydrogen (secondary N) is 1. The van der Waals surface area contributed by atoms with Crippen molar-refractivity contribution in [1.29, 1.82) is 0 Å². The van der Waals surface area contributed by atoms with Crippen molar-refractivity contribution in [2.24, 2.45) is 0 Å². The number of ether oxygens (including phenoxy) is 2. The van der Waals surface area contributed by atoms with Crippen molar-refractivity contribution >= 4 is 15.7 Å². The highest BCUT2D eigenvalue weighted by atomic mass is 32.2. The average molecular weight is 411 g/mol. The second kappa shape index (κ2) is 7.92. The summed E-state index contributed by atoms with van der Waals surface area (Å²) in [6, 6.07) is 2.62. The van der Waals surface area contributed by atoms with Gasteiger partial charge in [0.1, 0.15) is 6.10 Å². The van der Waals surface area contributed by atoms with E-state index in [9.17, 15) is 31.1 Å². The van der Waals surface area contributed by atoms with E-state index in [0.717, 1.165) is 6.07 Å². The average Bonchev–Trinajstić information content (AvgIpc) is 2.64. The van der Waals surface area contributed by atoms with Gasteiger partial charge in [0.05, 0.1) is 26.0 Å². The molecule has 0 aliphatic rings. The molecular weight excluding hydrogens is 398 g/mol. The van der Waals surface area contributed by atoms with Gasteiger partial charge < -0.3 is 14.6 Å². The van der Waals surface area contributed by atoms with Crippen molar-refractivity contribution in [1.82, 2.24) is 9.97 Å². The Morgan fingerprint density at radius 1 is 1.11 bits per heavy atom. The number of nitrogens with zero attached hydrogens (tertiary/aromatic N) is 2. The lowest BCUT2D eigenvalue weighted by atomic mass is 10.1. The predicted octanol–water partition coefficient (Wildman–Crippen LogP) is 1.82. The molecule has 0 saturated heterocycles. The summed E-state index contributed by atoms with van der Waals surface area (Å²) in [6.45, 7) is 0. The molecule has 0 fully saturated rings. The molecule has 1 aromatic carbocycles. The first kappa shape index (κ1) is 20.6. The molecule has 1 atom stereocenters. The molecule has 0 spiro atoms. The van der Waals surface area contributed by atoms with Gasteiger partial charge in [-0.1, -0.05) is 6.07 Å². The van der Waals surface area contributed by atoms with Crippen LogP contribution in [-0.4, -0.2) is 43.5 Å². The van der Waals surface area contributed by atoms with Crippen LogP contribution in [0.1, 0.15) is 17.5 Å². The molecule has 13 heteroatoms. The Morgan fingerprint density at radius 2 is 1.67 bits per heavy atom. The zero-order chi connectivity index (χ0) is 20.4. The molecule has 2 rings (SSSR count). The number of methoxy groups -OCH3 is 2. The number of alkyl halides is 2. The van der Waals surface area contributed by atoms with Crippen LogP contribution >= 0.6 is 0 Å². The largest absolute Gasteiger partial charge is 0.481 e. The highest BCUT2D eigenvalue weighted by Gasteiger charge is 2.30. The Hall–Kier alpha value is -2.67. The van der Waals surface area contributed by atoms with Gasteiger partial charge in [-0.05, 0) is 6.07 Å². The van der Waals surface area contributed by atoms with E-state index < -0.39 is 50.6 Å². The van der Waals surface area contributed by atoms with Crippen LogP contribution in [0.25, 0.3) is 0 Å². The third-order valence-corrected chi connectivity index (χ3v) is 4.22. The van der Waals surface area contributed by atoms with Crippen molar-refractivity contribution in [3.05, 3.63) is 41.2 Å². The van der Waals surface area contributed by atoms with Gasteiger partial charge in [0, 0.05) is 5.56 Å². The molecule has 0 amide bonds. The predicted molar refractivity (Wildman–Crippen MR) is 84.1 cm³/mol. The van der Waals surface area contributed by atoms with Crippen molar-refractivity contribution in [3.8, 4) is 11.8 Å². The Balaban J connectivity index is 2.60. The van der Waals surface area contributed by atoms with E-state index in [1.54, 1.807) is 0 Å². The minimum absolute atomic E-state index is 0.0619. The maximum atomic E-state index is 14.1. The second-order valence-electron chi connectivity index (χ2n) is 4.95. The molecule has 27 heavy (non-hydrogen) atoms. The van der Waals surface area contributed by atoms with Gasteiger partial charge in [-0.2, -0.15) is 18.7 Å². The number of hydrogen-bond donors (Lipinski definition) is 2. The first-order valence-corrected chi connectivity index (χ1v) is 8.58. The Bertz CT molecular complexity index is 920. The van der Waals surface area contributed by atoms with Gasteiger partial charge in [-0.15, -0.1) is 0 Å². The molecule has 2 aromatic rings. The molecule has 1 heterocycles. The standard InChI is InChI=1S/C14H13F4N3O5S/c1-25-8-5-9(26-2)20-13(19-8)12(22)6-3-4-7(15)10(16)11(6)21-27(23,24)14(17)18/h3-5,12,14,21-22H,1-2H3. The van der Waals surface area contributed by atoms with Crippen molar-refractivity contribution in [2.75, 3.05) is 18.9 Å². The first-order valence-electron chi connectivity index (χ1n) is 7.03. The summed E-state index contributed by atoms with van der Waals surface area (Å²) in [5.74, 6) is -7.79. The van der Waals surface area contributed by atoms with E-state index in [4.69, 9.17) is 9.47 Å². The number of sulfonamides is 1. The third-order valence-electron chi connectivity index (χ3n) is 3.26. The smallest absolute Gasteiger partial charge is 0.355 e. The zero-order valence-electron chi connectivity index (χ0n) is 13.8. The van der Waals surface area contributed by atoms with Gasteiger partial charge in [0.25, 0.3) is 10.0 Å². The number of rotatable bonds is 7. The molecule has 0 bridgehead atoms. The number of hydrogen-bond acceptors (Lipinski definition) is 7. The summed E-state index contributed by atoms with van der Waals surface area (Å²) >= 11 is 0. The minimum Gasteiger partial charge on any atom is -0.481 e. The highest BCUT2D eigenvalue weighted by Crippen LogP contribution is 2.33. The van der Waals surface area contributed by atoms with Gasteiger partial charge in [-0.25, -0.2) is 17.2 Å². The molecule has 0 saturated carbocycles.